The molecule has 0 aliphatic carbocycles. The van der Waals surface area contributed by atoms with Gasteiger partial charge in [0.15, 0.2) is 0 Å². The summed E-state index contributed by atoms with van der Waals surface area (Å²) in [5.74, 6) is 0. The zero-order valence-electron chi connectivity index (χ0n) is 15.5. The van der Waals surface area contributed by atoms with E-state index in [1.165, 1.54) is 0 Å². The van der Waals surface area contributed by atoms with Gasteiger partial charge in [0, 0.05) is 37.8 Å². The van der Waals surface area contributed by atoms with E-state index in [4.69, 9.17) is 23.2 Å². The maximum absolute atomic E-state index is 6.70. The molecule has 3 heteroatoms. The van der Waals surface area contributed by atoms with Crippen LogP contribution in [-0.2, 0) is 0 Å². The van der Waals surface area contributed by atoms with Crippen molar-refractivity contribution in [1.29, 1.82) is 0 Å². The van der Waals surface area contributed by atoms with Gasteiger partial charge in [0.1, 0.15) is 0 Å². The summed E-state index contributed by atoms with van der Waals surface area (Å²) in [5, 5.41) is 2.57. The van der Waals surface area contributed by atoms with Crippen LogP contribution in [-0.4, -0.2) is 4.57 Å². The van der Waals surface area contributed by atoms with Crippen molar-refractivity contribution in [1.82, 2.24) is 4.57 Å². The summed E-state index contributed by atoms with van der Waals surface area (Å²) >= 11 is 13.4. The van der Waals surface area contributed by atoms with Crippen molar-refractivity contribution >= 4 is 34.1 Å². The highest BCUT2D eigenvalue weighted by molar-refractivity contribution is 6.35. The highest BCUT2D eigenvalue weighted by Gasteiger charge is 2.23. The second kappa shape index (κ2) is 7.44. The minimum Gasteiger partial charge on any atom is -0.309 e. The van der Waals surface area contributed by atoms with E-state index in [1.807, 2.05) is 42.5 Å². The van der Waals surface area contributed by atoms with Gasteiger partial charge < -0.3 is 4.57 Å². The summed E-state index contributed by atoms with van der Waals surface area (Å²) in [6, 6.07) is 34.7. The zero-order valence-corrected chi connectivity index (χ0v) is 17.0. The second-order valence-electron chi connectivity index (χ2n) is 6.87. The Balaban J connectivity index is 2.01. The molecule has 0 radical (unpaired) electrons. The third kappa shape index (κ3) is 3.04. The first kappa shape index (κ1) is 18.1. The van der Waals surface area contributed by atoms with Gasteiger partial charge in [-0.1, -0.05) is 96.0 Å². The quantitative estimate of drug-likeness (QED) is 0.280. The number of para-hydroxylation sites is 2. The van der Waals surface area contributed by atoms with Gasteiger partial charge >= 0.3 is 0 Å². The molecule has 0 fully saturated rings. The second-order valence-corrected chi connectivity index (χ2v) is 7.69. The highest BCUT2D eigenvalue weighted by atomic mass is 35.5. The molecule has 0 amide bonds. The first-order valence-electron chi connectivity index (χ1n) is 9.44. The molecular weight excluding hydrogens is 397 g/mol. The Morgan fingerprint density at radius 1 is 0.517 bits per heavy atom. The standard InChI is InChI=1S/C26H17Cl2N/c27-22-15-7-4-12-19(22)25-21-14-6-9-17-24(21)29(18-10-2-1-3-11-18)26(25)20-13-5-8-16-23(20)28/h1-17H. The average molecular weight is 414 g/mol. The molecule has 140 valence electrons. The predicted molar refractivity (Wildman–Crippen MR) is 124 cm³/mol. The van der Waals surface area contributed by atoms with E-state index in [-0.39, 0.29) is 0 Å². The van der Waals surface area contributed by atoms with Crippen LogP contribution in [0, 0.1) is 0 Å². The fraction of sp³-hybridized carbons (Fsp3) is 0. The lowest BCUT2D eigenvalue weighted by Gasteiger charge is -2.15. The van der Waals surface area contributed by atoms with Gasteiger partial charge in [0.2, 0.25) is 0 Å². The average Bonchev–Trinajstić information content (AvgIpc) is 3.10. The molecule has 1 nitrogen and oxygen atoms in total. The summed E-state index contributed by atoms with van der Waals surface area (Å²) in [4.78, 5) is 0. The Kier molecular flexibility index (Phi) is 4.63. The van der Waals surface area contributed by atoms with Gasteiger partial charge in [0.25, 0.3) is 0 Å². The molecule has 5 rings (SSSR count). The fourth-order valence-electron chi connectivity index (χ4n) is 3.93. The molecule has 0 N–H and O–H groups in total. The summed E-state index contributed by atoms with van der Waals surface area (Å²) in [7, 11) is 0. The highest BCUT2D eigenvalue weighted by Crippen LogP contribution is 2.46. The first-order chi connectivity index (χ1) is 14.3. The van der Waals surface area contributed by atoms with Crippen molar-refractivity contribution in [2.45, 2.75) is 0 Å². The van der Waals surface area contributed by atoms with E-state index >= 15 is 0 Å². The number of hydrogen-bond donors (Lipinski definition) is 0. The van der Waals surface area contributed by atoms with Crippen LogP contribution in [0.5, 0.6) is 0 Å². The van der Waals surface area contributed by atoms with Crippen molar-refractivity contribution in [2.24, 2.45) is 0 Å². The van der Waals surface area contributed by atoms with E-state index in [9.17, 15) is 0 Å². The predicted octanol–water partition coefficient (Wildman–Crippen LogP) is 8.27. The van der Waals surface area contributed by atoms with Crippen LogP contribution in [0.25, 0.3) is 39.0 Å². The number of aromatic nitrogens is 1. The van der Waals surface area contributed by atoms with Gasteiger partial charge in [-0.15, -0.1) is 0 Å². The van der Waals surface area contributed by atoms with Crippen LogP contribution in [0.2, 0.25) is 10.0 Å². The molecule has 0 aliphatic heterocycles. The summed E-state index contributed by atoms with van der Waals surface area (Å²) in [6.07, 6.45) is 0. The molecule has 1 aromatic heterocycles. The molecule has 0 atom stereocenters. The smallest absolute Gasteiger partial charge is 0.0634 e. The molecule has 0 saturated carbocycles. The lowest BCUT2D eigenvalue weighted by molar-refractivity contribution is 1.13. The normalized spacial score (nSPS) is 11.1. The number of fused-ring (bicyclic) bond motifs is 1. The Morgan fingerprint density at radius 2 is 1.07 bits per heavy atom. The van der Waals surface area contributed by atoms with E-state index in [2.05, 4.69) is 65.2 Å². The van der Waals surface area contributed by atoms with Crippen LogP contribution < -0.4 is 0 Å². The topological polar surface area (TPSA) is 4.93 Å². The molecule has 5 aromatic rings. The maximum Gasteiger partial charge on any atom is 0.0634 e. The van der Waals surface area contributed by atoms with Crippen molar-refractivity contribution in [3.05, 3.63) is 113 Å². The summed E-state index contributed by atoms with van der Waals surface area (Å²) in [6.45, 7) is 0. The lowest BCUT2D eigenvalue weighted by Crippen LogP contribution is -1.98. The molecule has 0 bridgehead atoms. The van der Waals surface area contributed by atoms with E-state index in [0.717, 1.165) is 44.0 Å². The van der Waals surface area contributed by atoms with Crippen molar-refractivity contribution in [2.75, 3.05) is 0 Å². The van der Waals surface area contributed by atoms with Crippen LogP contribution in [0.4, 0.5) is 0 Å². The van der Waals surface area contributed by atoms with Gasteiger partial charge in [-0.3, -0.25) is 0 Å². The van der Waals surface area contributed by atoms with Crippen LogP contribution in [0.15, 0.2) is 103 Å². The molecule has 0 saturated heterocycles. The van der Waals surface area contributed by atoms with E-state index < -0.39 is 0 Å². The molecule has 0 aliphatic rings. The number of rotatable bonds is 3. The van der Waals surface area contributed by atoms with Crippen molar-refractivity contribution in [3.8, 4) is 28.1 Å². The van der Waals surface area contributed by atoms with E-state index in [1.54, 1.807) is 0 Å². The molecule has 1 heterocycles. The third-order valence-corrected chi connectivity index (χ3v) is 5.82. The lowest BCUT2D eigenvalue weighted by atomic mass is 9.98. The number of nitrogens with zero attached hydrogens (tertiary/aromatic N) is 1. The van der Waals surface area contributed by atoms with Crippen LogP contribution in [0.1, 0.15) is 0 Å². The first-order valence-corrected chi connectivity index (χ1v) is 10.2. The minimum atomic E-state index is 0.709. The monoisotopic (exact) mass is 413 g/mol. The van der Waals surface area contributed by atoms with Crippen molar-refractivity contribution < 1.29 is 0 Å². The maximum atomic E-state index is 6.70. The van der Waals surface area contributed by atoms with Gasteiger partial charge in [0.05, 0.1) is 11.2 Å². The molecule has 0 spiro atoms. The number of halogens is 2. The Hall–Kier alpha value is -3.00. The van der Waals surface area contributed by atoms with Crippen molar-refractivity contribution in [3.63, 3.8) is 0 Å². The van der Waals surface area contributed by atoms with Gasteiger partial charge in [-0.2, -0.15) is 0 Å². The fourth-order valence-corrected chi connectivity index (χ4v) is 4.39. The van der Waals surface area contributed by atoms with Gasteiger partial charge in [-0.05, 0) is 30.3 Å². The van der Waals surface area contributed by atoms with Crippen LogP contribution >= 0.6 is 23.2 Å². The number of benzene rings is 4. The molecule has 29 heavy (non-hydrogen) atoms. The molecule has 4 aromatic carbocycles. The largest absolute Gasteiger partial charge is 0.309 e. The SMILES string of the molecule is Clc1ccccc1-c1c(-c2ccccc2Cl)n(-c2ccccc2)c2ccccc12. The summed E-state index contributed by atoms with van der Waals surface area (Å²) < 4.78 is 2.27. The van der Waals surface area contributed by atoms with Crippen LogP contribution in [0.3, 0.4) is 0 Å². The molecule has 0 unspecified atom stereocenters. The van der Waals surface area contributed by atoms with Gasteiger partial charge in [-0.25, -0.2) is 0 Å². The number of hydrogen-bond acceptors (Lipinski definition) is 0. The molecular formula is C26H17Cl2N. The summed E-state index contributed by atoms with van der Waals surface area (Å²) in [5.41, 5.74) is 6.29. The Morgan fingerprint density at radius 3 is 1.76 bits per heavy atom. The minimum absolute atomic E-state index is 0.709. The third-order valence-electron chi connectivity index (χ3n) is 5.16. The van der Waals surface area contributed by atoms with E-state index in [0.29, 0.717) is 5.02 Å². The zero-order chi connectivity index (χ0) is 19.8. The Labute approximate surface area is 179 Å². The Bertz CT molecular complexity index is 1320.